The van der Waals surface area contributed by atoms with Gasteiger partial charge in [-0.15, -0.1) is 0 Å². The highest BCUT2D eigenvalue weighted by atomic mass is 16.5. The molecule has 2 atom stereocenters. The zero-order valence-corrected chi connectivity index (χ0v) is 12.2. The summed E-state index contributed by atoms with van der Waals surface area (Å²) >= 11 is 0. The van der Waals surface area contributed by atoms with Crippen molar-refractivity contribution in [2.45, 2.75) is 45.6 Å². The van der Waals surface area contributed by atoms with Crippen molar-refractivity contribution in [2.75, 3.05) is 13.2 Å². The van der Waals surface area contributed by atoms with Gasteiger partial charge in [0.2, 0.25) is 0 Å². The molecule has 19 heavy (non-hydrogen) atoms. The van der Waals surface area contributed by atoms with Gasteiger partial charge in [0.25, 0.3) is 0 Å². The average Bonchev–Trinajstić information content (AvgIpc) is 2.42. The van der Waals surface area contributed by atoms with Crippen LogP contribution in [0.5, 0.6) is 5.75 Å². The molecule has 0 saturated carbocycles. The molecular weight excluding hydrogens is 240 g/mol. The zero-order valence-electron chi connectivity index (χ0n) is 12.2. The molecule has 2 unspecified atom stereocenters. The van der Waals surface area contributed by atoms with E-state index in [-0.39, 0.29) is 12.5 Å². The summed E-state index contributed by atoms with van der Waals surface area (Å²) in [5.74, 6) is 1.59. The first-order valence-electron chi connectivity index (χ1n) is 7.09. The van der Waals surface area contributed by atoms with E-state index in [1.807, 2.05) is 24.3 Å². The molecule has 0 aliphatic rings. The number of hydrogen-bond donors (Lipinski definition) is 2. The Bertz CT molecular complexity index is 363. The lowest BCUT2D eigenvalue weighted by molar-refractivity contribution is 0.0814. The van der Waals surface area contributed by atoms with E-state index in [1.54, 1.807) is 0 Å². The van der Waals surface area contributed by atoms with Gasteiger partial charge >= 0.3 is 0 Å². The minimum atomic E-state index is -0.664. The first kappa shape index (κ1) is 16.0. The Morgan fingerprint density at radius 3 is 2.47 bits per heavy atom. The monoisotopic (exact) mass is 266 g/mol. The van der Waals surface area contributed by atoms with E-state index in [0.29, 0.717) is 18.9 Å². The molecule has 1 rings (SSSR count). The predicted molar refractivity (Wildman–Crippen MR) is 77.5 cm³/mol. The van der Waals surface area contributed by atoms with Crippen molar-refractivity contribution in [1.82, 2.24) is 0 Å². The Hall–Kier alpha value is -1.06. The molecular formula is C16H26O3. The third-order valence-electron chi connectivity index (χ3n) is 3.19. The Kier molecular flexibility index (Phi) is 6.89. The van der Waals surface area contributed by atoms with Crippen molar-refractivity contribution in [2.24, 2.45) is 5.92 Å². The molecule has 108 valence electrons. The van der Waals surface area contributed by atoms with E-state index in [2.05, 4.69) is 20.8 Å². The maximum absolute atomic E-state index is 9.64. The van der Waals surface area contributed by atoms with Crippen LogP contribution in [0, 0.1) is 5.92 Å². The summed E-state index contributed by atoms with van der Waals surface area (Å²) < 4.78 is 5.85. The molecule has 2 N–H and O–H groups in total. The molecule has 0 aromatic heterocycles. The van der Waals surface area contributed by atoms with E-state index in [1.165, 1.54) is 0 Å². The van der Waals surface area contributed by atoms with Crippen LogP contribution in [-0.4, -0.2) is 29.5 Å². The van der Waals surface area contributed by atoms with Gasteiger partial charge in [0.05, 0.1) is 19.3 Å². The lowest BCUT2D eigenvalue weighted by atomic mass is 9.90. The molecule has 0 heterocycles. The molecule has 1 aromatic rings. The van der Waals surface area contributed by atoms with Crippen molar-refractivity contribution < 1.29 is 14.9 Å². The minimum absolute atomic E-state index is 0.189. The molecule has 0 aliphatic heterocycles. The van der Waals surface area contributed by atoms with Crippen LogP contribution in [0.3, 0.4) is 0 Å². The second-order valence-corrected chi connectivity index (χ2v) is 5.42. The number of aliphatic hydroxyl groups excluding tert-OH is 2. The molecule has 0 radical (unpaired) electrons. The third kappa shape index (κ3) is 5.21. The molecule has 1 aromatic carbocycles. The molecule has 0 amide bonds. The third-order valence-corrected chi connectivity index (χ3v) is 3.19. The quantitative estimate of drug-likeness (QED) is 0.760. The molecule has 0 saturated heterocycles. The summed E-state index contributed by atoms with van der Waals surface area (Å²) in [7, 11) is 0. The fraction of sp³-hybridized carbons (Fsp3) is 0.625. The summed E-state index contributed by atoms with van der Waals surface area (Å²) in [5.41, 5.74) is 1.12. The highest BCUT2D eigenvalue weighted by Gasteiger charge is 2.18. The van der Waals surface area contributed by atoms with Gasteiger partial charge in [-0.3, -0.25) is 0 Å². The number of rotatable bonds is 8. The van der Waals surface area contributed by atoms with Gasteiger partial charge in [0.15, 0.2) is 0 Å². The highest BCUT2D eigenvalue weighted by Crippen LogP contribution is 2.32. The zero-order chi connectivity index (χ0) is 14.3. The van der Waals surface area contributed by atoms with E-state index >= 15 is 0 Å². The first-order valence-corrected chi connectivity index (χ1v) is 7.09. The topological polar surface area (TPSA) is 49.7 Å². The normalized spacial score (nSPS) is 14.4. The Labute approximate surface area is 116 Å². The molecule has 0 aliphatic carbocycles. The van der Waals surface area contributed by atoms with Crippen LogP contribution in [0.2, 0.25) is 0 Å². The SMILES string of the molecule is CCC(CC(O)CO)c1ccccc1OCC(C)C. The van der Waals surface area contributed by atoms with Crippen LogP contribution < -0.4 is 4.74 Å². The second kappa shape index (κ2) is 8.18. The summed E-state index contributed by atoms with van der Waals surface area (Å²) in [6.07, 6.45) is 0.817. The Balaban J connectivity index is 2.83. The van der Waals surface area contributed by atoms with Crippen LogP contribution in [-0.2, 0) is 0 Å². The Morgan fingerprint density at radius 2 is 1.89 bits per heavy atom. The van der Waals surface area contributed by atoms with Crippen molar-refractivity contribution in [3.05, 3.63) is 29.8 Å². The number of aliphatic hydroxyl groups is 2. The van der Waals surface area contributed by atoms with Crippen LogP contribution in [0.4, 0.5) is 0 Å². The maximum Gasteiger partial charge on any atom is 0.122 e. The standard InChI is InChI=1S/C16H26O3/c1-4-13(9-14(18)10-17)15-7-5-6-8-16(15)19-11-12(2)3/h5-8,12-14,17-18H,4,9-11H2,1-3H3. The largest absolute Gasteiger partial charge is 0.493 e. The van der Waals surface area contributed by atoms with E-state index < -0.39 is 6.10 Å². The first-order chi connectivity index (χ1) is 9.08. The van der Waals surface area contributed by atoms with Crippen LogP contribution in [0.15, 0.2) is 24.3 Å². The van der Waals surface area contributed by atoms with Gasteiger partial charge in [-0.2, -0.15) is 0 Å². The molecule has 0 spiro atoms. The van der Waals surface area contributed by atoms with Crippen molar-refractivity contribution in [3.8, 4) is 5.75 Å². The summed E-state index contributed by atoms with van der Waals surface area (Å²) in [6, 6.07) is 7.99. The van der Waals surface area contributed by atoms with Crippen LogP contribution >= 0.6 is 0 Å². The summed E-state index contributed by atoms with van der Waals surface area (Å²) in [4.78, 5) is 0. The number of hydrogen-bond acceptors (Lipinski definition) is 3. The van der Waals surface area contributed by atoms with Crippen LogP contribution in [0.1, 0.15) is 45.1 Å². The molecule has 0 fully saturated rings. The lowest BCUT2D eigenvalue weighted by Gasteiger charge is -2.21. The maximum atomic E-state index is 9.64. The number of ether oxygens (including phenoxy) is 1. The van der Waals surface area contributed by atoms with E-state index in [0.717, 1.165) is 17.7 Å². The Morgan fingerprint density at radius 1 is 1.21 bits per heavy atom. The predicted octanol–water partition coefficient (Wildman–Crippen LogP) is 2.96. The molecule has 3 heteroatoms. The van der Waals surface area contributed by atoms with Gasteiger partial charge < -0.3 is 14.9 Å². The fourth-order valence-electron chi connectivity index (χ4n) is 2.12. The van der Waals surface area contributed by atoms with E-state index in [9.17, 15) is 5.11 Å². The van der Waals surface area contributed by atoms with Gasteiger partial charge in [-0.1, -0.05) is 39.0 Å². The minimum Gasteiger partial charge on any atom is -0.493 e. The average molecular weight is 266 g/mol. The van der Waals surface area contributed by atoms with Crippen LogP contribution in [0.25, 0.3) is 0 Å². The van der Waals surface area contributed by atoms with Crippen molar-refractivity contribution >= 4 is 0 Å². The van der Waals surface area contributed by atoms with Gasteiger partial charge in [0.1, 0.15) is 5.75 Å². The lowest BCUT2D eigenvalue weighted by Crippen LogP contribution is -2.17. The smallest absolute Gasteiger partial charge is 0.122 e. The van der Waals surface area contributed by atoms with E-state index in [4.69, 9.17) is 9.84 Å². The molecule has 3 nitrogen and oxygen atoms in total. The number of benzene rings is 1. The van der Waals surface area contributed by atoms with Gasteiger partial charge in [0, 0.05) is 0 Å². The molecule has 0 bridgehead atoms. The van der Waals surface area contributed by atoms with Crippen molar-refractivity contribution in [1.29, 1.82) is 0 Å². The second-order valence-electron chi connectivity index (χ2n) is 5.42. The fourth-order valence-corrected chi connectivity index (χ4v) is 2.12. The van der Waals surface area contributed by atoms with Gasteiger partial charge in [-0.25, -0.2) is 0 Å². The van der Waals surface area contributed by atoms with Crippen molar-refractivity contribution in [3.63, 3.8) is 0 Å². The highest BCUT2D eigenvalue weighted by molar-refractivity contribution is 5.36. The number of para-hydroxylation sites is 1. The van der Waals surface area contributed by atoms with Gasteiger partial charge in [-0.05, 0) is 36.3 Å². The summed E-state index contributed by atoms with van der Waals surface area (Å²) in [5, 5.41) is 18.6. The summed E-state index contributed by atoms with van der Waals surface area (Å²) in [6.45, 7) is 6.83.